The van der Waals surface area contributed by atoms with E-state index >= 15 is 0 Å². The van der Waals surface area contributed by atoms with E-state index in [1.165, 1.54) is 0 Å². The molecule has 1 aromatic carbocycles. The standard InChI is InChI=1S/C15H21N3O3/c16-15(21)11-4-6-12(7-5-11)17-14(20)9-18-8-2-1-3-13(18)10-19/h4-7,13,19H,1-3,8-10H2,(H2,16,21)(H,17,20). The summed E-state index contributed by atoms with van der Waals surface area (Å²) in [4.78, 5) is 25.0. The maximum absolute atomic E-state index is 12.0. The van der Waals surface area contributed by atoms with Crippen molar-refractivity contribution in [1.82, 2.24) is 4.90 Å². The van der Waals surface area contributed by atoms with Crippen molar-refractivity contribution in [1.29, 1.82) is 0 Å². The first-order valence-corrected chi connectivity index (χ1v) is 7.15. The van der Waals surface area contributed by atoms with Crippen molar-refractivity contribution in [2.45, 2.75) is 25.3 Å². The van der Waals surface area contributed by atoms with Gasteiger partial charge in [0.1, 0.15) is 0 Å². The normalized spacial score (nSPS) is 19.2. The van der Waals surface area contributed by atoms with E-state index in [0.29, 0.717) is 11.3 Å². The molecule has 114 valence electrons. The van der Waals surface area contributed by atoms with Crippen LogP contribution in [-0.4, -0.2) is 47.6 Å². The van der Waals surface area contributed by atoms with Crippen LogP contribution in [0.2, 0.25) is 0 Å². The monoisotopic (exact) mass is 291 g/mol. The van der Waals surface area contributed by atoms with Crippen LogP contribution >= 0.6 is 0 Å². The number of anilines is 1. The molecule has 0 radical (unpaired) electrons. The van der Waals surface area contributed by atoms with Gasteiger partial charge < -0.3 is 16.2 Å². The number of nitrogens with two attached hydrogens (primary N) is 1. The lowest BCUT2D eigenvalue weighted by molar-refractivity contribution is -0.118. The minimum absolute atomic E-state index is 0.0711. The summed E-state index contributed by atoms with van der Waals surface area (Å²) in [5, 5.41) is 12.1. The molecule has 4 N–H and O–H groups in total. The fraction of sp³-hybridized carbons (Fsp3) is 0.467. The molecule has 0 spiro atoms. The van der Waals surface area contributed by atoms with Crippen LogP contribution in [0.25, 0.3) is 0 Å². The molecule has 2 amide bonds. The van der Waals surface area contributed by atoms with E-state index < -0.39 is 5.91 Å². The van der Waals surface area contributed by atoms with Gasteiger partial charge >= 0.3 is 0 Å². The number of carbonyl (C=O) groups is 2. The zero-order valence-electron chi connectivity index (χ0n) is 11.9. The lowest BCUT2D eigenvalue weighted by Gasteiger charge is -2.33. The van der Waals surface area contributed by atoms with Gasteiger partial charge in [0.2, 0.25) is 11.8 Å². The zero-order chi connectivity index (χ0) is 15.2. The van der Waals surface area contributed by atoms with E-state index in [2.05, 4.69) is 5.32 Å². The third-order valence-corrected chi connectivity index (χ3v) is 3.76. The summed E-state index contributed by atoms with van der Waals surface area (Å²) in [5.74, 6) is -0.617. The van der Waals surface area contributed by atoms with Crippen LogP contribution in [0.5, 0.6) is 0 Å². The molecular formula is C15H21N3O3. The number of rotatable bonds is 5. The van der Waals surface area contributed by atoms with Crippen molar-refractivity contribution in [3.05, 3.63) is 29.8 Å². The average molecular weight is 291 g/mol. The Labute approximate surface area is 123 Å². The summed E-state index contributed by atoms with van der Waals surface area (Å²) >= 11 is 0. The highest BCUT2D eigenvalue weighted by atomic mass is 16.3. The van der Waals surface area contributed by atoms with Crippen LogP contribution < -0.4 is 11.1 Å². The van der Waals surface area contributed by atoms with E-state index in [9.17, 15) is 14.7 Å². The number of carbonyl (C=O) groups excluding carboxylic acids is 2. The summed E-state index contributed by atoms with van der Waals surface area (Å²) in [6.07, 6.45) is 3.08. The molecule has 1 aliphatic rings. The van der Waals surface area contributed by atoms with Gasteiger partial charge in [-0.1, -0.05) is 6.42 Å². The Bertz CT molecular complexity index is 501. The molecule has 0 saturated carbocycles. The van der Waals surface area contributed by atoms with Crippen LogP contribution in [0.3, 0.4) is 0 Å². The fourth-order valence-corrected chi connectivity index (χ4v) is 2.58. The highest BCUT2D eigenvalue weighted by Crippen LogP contribution is 2.16. The van der Waals surface area contributed by atoms with Gasteiger partial charge in [0, 0.05) is 17.3 Å². The van der Waals surface area contributed by atoms with Crippen LogP contribution in [0.15, 0.2) is 24.3 Å². The van der Waals surface area contributed by atoms with E-state index in [1.807, 2.05) is 4.90 Å². The smallest absolute Gasteiger partial charge is 0.248 e. The number of piperidine rings is 1. The molecule has 0 bridgehead atoms. The number of nitrogens with zero attached hydrogens (tertiary/aromatic N) is 1. The first-order valence-electron chi connectivity index (χ1n) is 7.15. The third kappa shape index (κ3) is 4.27. The first-order chi connectivity index (χ1) is 10.1. The molecule has 0 aliphatic carbocycles. The van der Waals surface area contributed by atoms with Crippen molar-refractivity contribution in [3.63, 3.8) is 0 Å². The molecule has 1 unspecified atom stereocenters. The van der Waals surface area contributed by atoms with Gasteiger partial charge in [-0.05, 0) is 43.7 Å². The molecule has 1 saturated heterocycles. The third-order valence-electron chi connectivity index (χ3n) is 3.76. The van der Waals surface area contributed by atoms with Crippen molar-refractivity contribution in [2.24, 2.45) is 5.73 Å². The quantitative estimate of drug-likeness (QED) is 0.739. The summed E-state index contributed by atoms with van der Waals surface area (Å²) in [6.45, 7) is 1.18. The molecule has 0 aromatic heterocycles. The highest BCUT2D eigenvalue weighted by molar-refractivity contribution is 5.95. The van der Waals surface area contributed by atoms with E-state index in [1.54, 1.807) is 24.3 Å². The molecule has 2 rings (SSSR count). The van der Waals surface area contributed by atoms with Crippen LogP contribution in [0, 0.1) is 0 Å². The lowest BCUT2D eigenvalue weighted by atomic mass is 10.0. The molecule has 1 atom stereocenters. The Morgan fingerprint density at radius 3 is 2.62 bits per heavy atom. The SMILES string of the molecule is NC(=O)c1ccc(NC(=O)CN2CCCCC2CO)cc1. The van der Waals surface area contributed by atoms with Crippen molar-refractivity contribution < 1.29 is 14.7 Å². The molecule has 1 aliphatic heterocycles. The second kappa shape index (κ2) is 7.19. The van der Waals surface area contributed by atoms with Gasteiger partial charge in [0.15, 0.2) is 0 Å². The Hall–Kier alpha value is -1.92. The average Bonchev–Trinajstić information content (AvgIpc) is 2.48. The molecule has 21 heavy (non-hydrogen) atoms. The van der Waals surface area contributed by atoms with Crippen LogP contribution in [0.4, 0.5) is 5.69 Å². The topological polar surface area (TPSA) is 95.7 Å². The van der Waals surface area contributed by atoms with Crippen molar-refractivity contribution in [2.75, 3.05) is 25.0 Å². The summed E-state index contributed by atoms with van der Waals surface area (Å²) in [6, 6.07) is 6.53. The van der Waals surface area contributed by atoms with E-state index in [4.69, 9.17) is 5.73 Å². The highest BCUT2D eigenvalue weighted by Gasteiger charge is 2.23. The second-order valence-corrected chi connectivity index (χ2v) is 5.29. The number of hydrogen-bond donors (Lipinski definition) is 3. The van der Waals surface area contributed by atoms with Crippen LogP contribution in [-0.2, 0) is 4.79 Å². The van der Waals surface area contributed by atoms with E-state index in [-0.39, 0.29) is 25.1 Å². The minimum atomic E-state index is -0.494. The Morgan fingerprint density at radius 1 is 1.29 bits per heavy atom. The number of aliphatic hydroxyl groups is 1. The maximum Gasteiger partial charge on any atom is 0.248 e. The number of nitrogens with one attached hydrogen (secondary N) is 1. The maximum atomic E-state index is 12.0. The number of primary amides is 1. The predicted octanol–water partition coefficient (Wildman–Crippen LogP) is 0.571. The summed E-state index contributed by atoms with van der Waals surface area (Å²) in [7, 11) is 0. The van der Waals surface area contributed by atoms with Gasteiger partial charge in [-0.25, -0.2) is 0 Å². The molecule has 1 heterocycles. The second-order valence-electron chi connectivity index (χ2n) is 5.29. The van der Waals surface area contributed by atoms with Crippen molar-refractivity contribution in [3.8, 4) is 0 Å². The molecule has 1 aromatic rings. The zero-order valence-corrected chi connectivity index (χ0v) is 11.9. The van der Waals surface area contributed by atoms with Gasteiger partial charge in [-0.15, -0.1) is 0 Å². The van der Waals surface area contributed by atoms with Crippen LogP contribution in [0.1, 0.15) is 29.6 Å². The number of benzene rings is 1. The van der Waals surface area contributed by atoms with Gasteiger partial charge in [0.25, 0.3) is 0 Å². The summed E-state index contributed by atoms with van der Waals surface area (Å²) < 4.78 is 0. The number of likely N-dealkylation sites (tertiary alicyclic amines) is 1. The lowest BCUT2D eigenvalue weighted by Crippen LogP contribution is -2.45. The van der Waals surface area contributed by atoms with Gasteiger partial charge in [0.05, 0.1) is 13.2 Å². The fourth-order valence-electron chi connectivity index (χ4n) is 2.58. The minimum Gasteiger partial charge on any atom is -0.395 e. The van der Waals surface area contributed by atoms with E-state index in [0.717, 1.165) is 25.8 Å². The molecule has 6 nitrogen and oxygen atoms in total. The predicted molar refractivity (Wildman–Crippen MR) is 79.9 cm³/mol. The Morgan fingerprint density at radius 2 is 2.00 bits per heavy atom. The molecular weight excluding hydrogens is 270 g/mol. The number of aliphatic hydroxyl groups excluding tert-OH is 1. The number of amides is 2. The Balaban J connectivity index is 1.90. The molecule has 6 heteroatoms. The van der Waals surface area contributed by atoms with Gasteiger partial charge in [-0.2, -0.15) is 0 Å². The number of hydrogen-bond acceptors (Lipinski definition) is 4. The van der Waals surface area contributed by atoms with Gasteiger partial charge in [-0.3, -0.25) is 14.5 Å². The largest absolute Gasteiger partial charge is 0.395 e. The van der Waals surface area contributed by atoms with Crippen molar-refractivity contribution >= 4 is 17.5 Å². The first kappa shape index (κ1) is 15.5. The molecule has 1 fully saturated rings. The summed E-state index contributed by atoms with van der Waals surface area (Å²) in [5.41, 5.74) is 6.20. The Kier molecular flexibility index (Phi) is 5.30.